The van der Waals surface area contributed by atoms with Gasteiger partial charge < -0.3 is 89.0 Å². The summed E-state index contributed by atoms with van der Waals surface area (Å²) in [7, 11) is 1.34. The number of aliphatic hydroxyl groups excluding tert-OH is 7. The number of hydrogen-bond acceptors (Lipinski definition) is 19. The van der Waals surface area contributed by atoms with Gasteiger partial charge in [-0.3, -0.25) is 0 Å². The van der Waals surface area contributed by atoms with Gasteiger partial charge in [0, 0.05) is 6.08 Å². The van der Waals surface area contributed by atoms with E-state index in [1.165, 1.54) is 63.4 Å². The maximum atomic E-state index is 13.4. The highest BCUT2D eigenvalue weighted by Gasteiger charge is 2.53. The average molecular weight is 785 g/mol. The standard InChI is InChI=1S/C36H48O19/c1-15-25(41)27(43)29(45)34(51-15)50-14-23-32(54-24(40)9-6-17-5-8-20(38)22(13-17)48-3)33(55-36-30(46)28(44)26(42)16(2)52-36)31(47)35(53-23)49-11-10-18-4-7-19(37)21(39)12-18/h4-9,12-13,15-16,23,25-39,41-47H,10-11,14H2,1-3H3/b9-6-/t15-,16+,23-,25+,26+,27+,28-,29-,30-,31-,32-,33-,34?,35-,36+/m1/s1. The Kier molecular flexibility index (Phi) is 14.3. The number of methoxy groups -OCH3 is 1. The van der Waals surface area contributed by atoms with Gasteiger partial charge >= 0.3 is 5.97 Å². The number of ether oxygens (including phenoxy) is 8. The Labute approximate surface area is 315 Å². The van der Waals surface area contributed by atoms with E-state index in [2.05, 4.69) is 0 Å². The number of benzene rings is 2. The summed E-state index contributed by atoms with van der Waals surface area (Å²) in [5.41, 5.74) is 0.963. The summed E-state index contributed by atoms with van der Waals surface area (Å²) in [6.45, 7) is 2.11. The Morgan fingerprint density at radius 3 is 1.96 bits per heavy atom. The molecule has 10 N–H and O–H groups in total. The molecule has 1 unspecified atom stereocenters. The van der Waals surface area contributed by atoms with Crippen molar-refractivity contribution in [3.63, 3.8) is 0 Å². The molecule has 0 amide bonds. The first-order valence-electron chi connectivity index (χ1n) is 17.5. The van der Waals surface area contributed by atoms with Crippen LogP contribution in [0.5, 0.6) is 23.0 Å². The van der Waals surface area contributed by atoms with Crippen molar-refractivity contribution >= 4 is 12.0 Å². The number of aliphatic hydroxyl groups is 7. The van der Waals surface area contributed by atoms with E-state index in [1.807, 2.05) is 0 Å². The monoisotopic (exact) mass is 784 g/mol. The molecule has 3 heterocycles. The maximum absolute atomic E-state index is 13.4. The molecule has 3 aliphatic heterocycles. The lowest BCUT2D eigenvalue weighted by atomic mass is 9.96. The Bertz CT molecular complexity index is 1610. The van der Waals surface area contributed by atoms with Crippen molar-refractivity contribution < 1.29 is 93.8 Å². The van der Waals surface area contributed by atoms with E-state index in [4.69, 9.17) is 37.9 Å². The lowest BCUT2D eigenvalue weighted by Gasteiger charge is -2.47. The van der Waals surface area contributed by atoms with Crippen molar-refractivity contribution in [2.75, 3.05) is 20.3 Å². The van der Waals surface area contributed by atoms with Gasteiger partial charge in [-0.05, 0) is 61.7 Å². The van der Waals surface area contributed by atoms with Crippen LogP contribution in [-0.4, -0.2) is 169 Å². The molecule has 0 aliphatic carbocycles. The van der Waals surface area contributed by atoms with Crippen LogP contribution in [0, 0.1) is 0 Å². The molecule has 55 heavy (non-hydrogen) atoms. The SMILES string of the molecule is COc1cc(/C=C\C(=O)O[C@H]2[C@H](O[C@@H]3O[C@@H](C)[C@H](O)[C@@H](O)[C@H]3O)[C@@H](O)[C@H](OCCc3ccc(O)c(O)c3)O[C@@H]2COC2O[C@H](C)[C@H](O)[C@H](O)[C@H]2O)ccc1O. The zero-order chi connectivity index (χ0) is 40.1. The van der Waals surface area contributed by atoms with Crippen molar-refractivity contribution in [2.45, 2.75) is 112 Å². The van der Waals surface area contributed by atoms with Crippen molar-refractivity contribution in [3.8, 4) is 23.0 Å². The highest BCUT2D eigenvalue weighted by molar-refractivity contribution is 5.87. The summed E-state index contributed by atoms with van der Waals surface area (Å²) < 4.78 is 45.7. The first-order valence-corrected chi connectivity index (χ1v) is 17.5. The summed E-state index contributed by atoms with van der Waals surface area (Å²) in [4.78, 5) is 13.4. The molecule has 0 spiro atoms. The second-order valence-electron chi connectivity index (χ2n) is 13.4. The van der Waals surface area contributed by atoms with Gasteiger partial charge in [0.1, 0.15) is 54.9 Å². The van der Waals surface area contributed by atoms with Crippen LogP contribution in [0.3, 0.4) is 0 Å². The highest BCUT2D eigenvalue weighted by atomic mass is 16.8. The molecule has 0 saturated carbocycles. The molecule has 19 nitrogen and oxygen atoms in total. The van der Waals surface area contributed by atoms with E-state index in [9.17, 15) is 55.9 Å². The number of carbonyl (C=O) groups is 1. The molecular weight excluding hydrogens is 736 g/mol. The minimum atomic E-state index is -1.85. The van der Waals surface area contributed by atoms with E-state index in [0.717, 1.165) is 6.08 Å². The van der Waals surface area contributed by atoms with Crippen LogP contribution in [-0.2, 0) is 44.4 Å². The third kappa shape index (κ3) is 10.0. The molecular formula is C36H48O19. The minimum absolute atomic E-state index is 0.130. The fourth-order valence-corrected chi connectivity index (χ4v) is 6.24. The Morgan fingerprint density at radius 1 is 0.691 bits per heavy atom. The fraction of sp³-hybridized carbons (Fsp3) is 0.583. The van der Waals surface area contributed by atoms with Crippen LogP contribution >= 0.6 is 0 Å². The number of rotatable bonds is 13. The molecule has 15 atom stereocenters. The van der Waals surface area contributed by atoms with E-state index in [0.29, 0.717) is 11.1 Å². The van der Waals surface area contributed by atoms with Crippen LogP contribution in [0.25, 0.3) is 6.08 Å². The van der Waals surface area contributed by atoms with Crippen LogP contribution in [0.15, 0.2) is 42.5 Å². The van der Waals surface area contributed by atoms with Gasteiger partial charge in [0.05, 0.1) is 32.5 Å². The van der Waals surface area contributed by atoms with Crippen molar-refractivity contribution in [3.05, 3.63) is 53.6 Å². The smallest absolute Gasteiger partial charge is 0.331 e. The first-order chi connectivity index (χ1) is 26.1. The van der Waals surface area contributed by atoms with Gasteiger partial charge in [-0.15, -0.1) is 0 Å². The van der Waals surface area contributed by atoms with E-state index in [1.54, 1.807) is 0 Å². The van der Waals surface area contributed by atoms with Crippen LogP contribution in [0.1, 0.15) is 25.0 Å². The topological polar surface area (TPSA) is 293 Å². The van der Waals surface area contributed by atoms with Crippen molar-refractivity contribution in [1.82, 2.24) is 0 Å². The second kappa shape index (κ2) is 18.5. The number of hydrogen-bond donors (Lipinski definition) is 10. The number of phenolic OH excluding ortho intramolecular Hbond substituents is 3. The molecule has 2 aromatic carbocycles. The van der Waals surface area contributed by atoms with Crippen molar-refractivity contribution in [2.24, 2.45) is 0 Å². The molecule has 0 bridgehead atoms. The molecule has 0 aromatic heterocycles. The van der Waals surface area contributed by atoms with E-state index in [-0.39, 0.29) is 36.0 Å². The number of esters is 1. The number of carbonyl (C=O) groups excluding carboxylic acids is 1. The zero-order valence-electron chi connectivity index (χ0n) is 30.0. The summed E-state index contributed by atoms with van der Waals surface area (Å²) in [6, 6.07) is 8.39. The Morgan fingerprint density at radius 2 is 1.31 bits per heavy atom. The fourth-order valence-electron chi connectivity index (χ4n) is 6.24. The van der Waals surface area contributed by atoms with E-state index >= 15 is 0 Å². The largest absolute Gasteiger partial charge is 0.504 e. The van der Waals surface area contributed by atoms with Crippen LogP contribution in [0.2, 0.25) is 0 Å². The van der Waals surface area contributed by atoms with Gasteiger partial charge in [-0.25, -0.2) is 4.79 Å². The summed E-state index contributed by atoms with van der Waals surface area (Å²) in [6.07, 6.45) is -20.8. The van der Waals surface area contributed by atoms with E-state index < -0.39 is 105 Å². The predicted molar refractivity (Wildman–Crippen MR) is 183 cm³/mol. The van der Waals surface area contributed by atoms with Crippen LogP contribution < -0.4 is 4.74 Å². The minimum Gasteiger partial charge on any atom is -0.504 e. The molecule has 3 saturated heterocycles. The molecule has 306 valence electrons. The average Bonchev–Trinajstić information content (AvgIpc) is 3.16. The lowest BCUT2D eigenvalue weighted by Crippen LogP contribution is -2.65. The highest BCUT2D eigenvalue weighted by Crippen LogP contribution is 2.33. The predicted octanol–water partition coefficient (Wildman–Crippen LogP) is -1.86. The molecule has 19 heteroatoms. The van der Waals surface area contributed by atoms with Gasteiger partial charge in [0.2, 0.25) is 0 Å². The lowest BCUT2D eigenvalue weighted by molar-refractivity contribution is -0.363. The Balaban J connectivity index is 1.43. The van der Waals surface area contributed by atoms with Gasteiger partial charge in [-0.2, -0.15) is 0 Å². The Hall–Kier alpha value is -3.67. The van der Waals surface area contributed by atoms with Gasteiger partial charge in [-0.1, -0.05) is 12.1 Å². The molecule has 0 radical (unpaired) electrons. The third-order valence-corrected chi connectivity index (χ3v) is 9.53. The summed E-state index contributed by atoms with van der Waals surface area (Å²) in [5.74, 6) is -1.72. The van der Waals surface area contributed by atoms with Crippen molar-refractivity contribution in [1.29, 1.82) is 0 Å². The zero-order valence-corrected chi connectivity index (χ0v) is 30.0. The normalized spacial score (nSPS) is 36.8. The summed E-state index contributed by atoms with van der Waals surface area (Å²) in [5, 5.41) is 104. The molecule has 2 aromatic rings. The summed E-state index contributed by atoms with van der Waals surface area (Å²) >= 11 is 0. The quantitative estimate of drug-likeness (QED) is 0.0605. The second-order valence-corrected chi connectivity index (χ2v) is 13.4. The molecule has 3 aliphatic rings. The van der Waals surface area contributed by atoms with Gasteiger partial charge in [0.15, 0.2) is 48.0 Å². The molecule has 5 rings (SSSR count). The first kappa shape index (κ1) is 42.5. The van der Waals surface area contributed by atoms with Crippen LogP contribution in [0.4, 0.5) is 0 Å². The maximum Gasteiger partial charge on any atom is 0.331 e. The third-order valence-electron chi connectivity index (χ3n) is 9.53. The number of phenols is 3. The van der Waals surface area contributed by atoms with Gasteiger partial charge in [0.25, 0.3) is 0 Å². The molecule has 3 fully saturated rings. The number of aromatic hydroxyl groups is 3.